The summed E-state index contributed by atoms with van der Waals surface area (Å²) in [6, 6.07) is 9.28. The lowest BCUT2D eigenvalue weighted by molar-refractivity contribution is 0.0732. The van der Waals surface area contributed by atoms with Gasteiger partial charge in [0.25, 0.3) is 11.8 Å². The van der Waals surface area contributed by atoms with Gasteiger partial charge in [-0.2, -0.15) is 10.2 Å². The summed E-state index contributed by atoms with van der Waals surface area (Å²) >= 11 is 0. The zero-order valence-corrected chi connectivity index (χ0v) is 16.4. The maximum atomic E-state index is 13.3. The molecule has 3 aromatic rings. The first kappa shape index (κ1) is 18.6. The van der Waals surface area contributed by atoms with E-state index in [0.717, 1.165) is 23.4 Å². The molecule has 30 heavy (non-hydrogen) atoms. The molecule has 2 aromatic heterocycles. The molecule has 9 nitrogen and oxygen atoms in total. The summed E-state index contributed by atoms with van der Waals surface area (Å²) in [6.07, 6.45) is 4.89. The second-order valence-electron chi connectivity index (χ2n) is 7.51. The van der Waals surface area contributed by atoms with E-state index in [2.05, 4.69) is 20.6 Å². The average molecular weight is 406 g/mol. The number of nitrogens with zero attached hydrogens (tertiary/aromatic N) is 4. The van der Waals surface area contributed by atoms with Gasteiger partial charge < -0.3 is 15.0 Å². The van der Waals surface area contributed by atoms with Crippen molar-refractivity contribution in [3.05, 3.63) is 65.2 Å². The largest absolute Gasteiger partial charge is 0.379 e. The molecule has 5 rings (SSSR count). The van der Waals surface area contributed by atoms with Gasteiger partial charge >= 0.3 is 0 Å². The molecule has 0 bridgehead atoms. The number of rotatable bonds is 4. The van der Waals surface area contributed by atoms with E-state index >= 15 is 0 Å². The Bertz CT molecular complexity index is 1070. The number of benzene rings is 1. The van der Waals surface area contributed by atoms with Crippen molar-refractivity contribution in [2.24, 2.45) is 0 Å². The van der Waals surface area contributed by atoms with Crippen molar-refractivity contribution >= 4 is 11.8 Å². The molecule has 1 fully saturated rings. The van der Waals surface area contributed by atoms with Crippen LogP contribution in [0.5, 0.6) is 0 Å². The van der Waals surface area contributed by atoms with Gasteiger partial charge in [-0.25, -0.2) is 4.68 Å². The standard InChI is InChI=1S/C21H22N6O3/c28-20(23-14-7-11-30-13-14)19-15-6-10-26(12-17(15)24-25-19)21(29)16-4-1-2-5-18(16)27-9-3-8-22-27/h1-5,8-9,14H,6-7,10-13H2,(H,23,28)(H,24,25). The second kappa shape index (κ2) is 7.75. The van der Waals surface area contributed by atoms with Gasteiger partial charge in [0.1, 0.15) is 0 Å². The Hall–Kier alpha value is -3.46. The highest BCUT2D eigenvalue weighted by Crippen LogP contribution is 2.24. The molecule has 9 heteroatoms. The monoisotopic (exact) mass is 406 g/mol. The molecule has 0 aliphatic carbocycles. The normalized spacial score (nSPS) is 18.3. The zero-order valence-electron chi connectivity index (χ0n) is 16.4. The maximum Gasteiger partial charge on any atom is 0.272 e. The third-order valence-electron chi connectivity index (χ3n) is 5.59. The summed E-state index contributed by atoms with van der Waals surface area (Å²) in [6.45, 7) is 2.11. The molecule has 4 heterocycles. The summed E-state index contributed by atoms with van der Waals surface area (Å²) in [7, 11) is 0. The van der Waals surface area contributed by atoms with Crippen molar-refractivity contribution in [1.82, 2.24) is 30.2 Å². The van der Waals surface area contributed by atoms with E-state index in [9.17, 15) is 9.59 Å². The van der Waals surface area contributed by atoms with Crippen molar-refractivity contribution in [2.45, 2.75) is 25.4 Å². The fourth-order valence-corrected chi connectivity index (χ4v) is 4.02. The maximum absolute atomic E-state index is 13.3. The van der Waals surface area contributed by atoms with E-state index in [-0.39, 0.29) is 17.9 Å². The van der Waals surface area contributed by atoms with Gasteiger partial charge in [0.05, 0.1) is 36.1 Å². The van der Waals surface area contributed by atoms with Gasteiger partial charge in [-0.1, -0.05) is 12.1 Å². The summed E-state index contributed by atoms with van der Waals surface area (Å²) in [5.41, 5.74) is 3.43. The molecule has 2 aliphatic rings. The van der Waals surface area contributed by atoms with Gasteiger partial charge in [0.15, 0.2) is 5.69 Å². The Kier molecular flexibility index (Phi) is 4.80. The minimum Gasteiger partial charge on any atom is -0.379 e. The number of nitrogens with one attached hydrogen (secondary N) is 2. The minimum atomic E-state index is -0.188. The van der Waals surface area contributed by atoms with Crippen LogP contribution in [0.4, 0.5) is 0 Å². The number of fused-ring (bicyclic) bond motifs is 1. The smallest absolute Gasteiger partial charge is 0.272 e. The molecule has 1 atom stereocenters. The lowest BCUT2D eigenvalue weighted by atomic mass is 10.0. The van der Waals surface area contributed by atoms with E-state index in [0.29, 0.717) is 44.0 Å². The number of aromatic amines is 1. The molecule has 1 saturated heterocycles. The van der Waals surface area contributed by atoms with E-state index in [1.165, 1.54) is 0 Å². The van der Waals surface area contributed by atoms with Crippen LogP contribution in [0.3, 0.4) is 0 Å². The fourth-order valence-electron chi connectivity index (χ4n) is 4.02. The van der Waals surface area contributed by atoms with E-state index in [1.54, 1.807) is 15.8 Å². The third-order valence-corrected chi connectivity index (χ3v) is 5.59. The number of hydrogen-bond acceptors (Lipinski definition) is 5. The lowest BCUT2D eigenvalue weighted by Crippen LogP contribution is -2.38. The predicted octanol–water partition coefficient (Wildman–Crippen LogP) is 1.31. The topological polar surface area (TPSA) is 105 Å². The van der Waals surface area contributed by atoms with Crippen LogP contribution in [-0.4, -0.2) is 62.5 Å². The van der Waals surface area contributed by atoms with E-state index in [4.69, 9.17) is 4.74 Å². The van der Waals surface area contributed by atoms with Crippen molar-refractivity contribution in [1.29, 1.82) is 0 Å². The predicted molar refractivity (Wildman–Crippen MR) is 107 cm³/mol. The molecule has 0 radical (unpaired) electrons. The van der Waals surface area contributed by atoms with Gasteiger partial charge in [-0.05, 0) is 31.0 Å². The van der Waals surface area contributed by atoms with Gasteiger partial charge in [0.2, 0.25) is 0 Å². The molecule has 2 N–H and O–H groups in total. The van der Waals surface area contributed by atoms with Crippen molar-refractivity contribution < 1.29 is 14.3 Å². The Morgan fingerprint density at radius 3 is 2.93 bits per heavy atom. The number of aromatic nitrogens is 4. The first-order valence-electron chi connectivity index (χ1n) is 10.0. The summed E-state index contributed by atoms with van der Waals surface area (Å²) < 4.78 is 7.00. The van der Waals surface area contributed by atoms with Crippen LogP contribution >= 0.6 is 0 Å². The SMILES string of the molecule is O=C(NC1CCOC1)c1n[nH]c2c1CCN(C(=O)c1ccccc1-n1cccn1)C2. The first-order valence-corrected chi connectivity index (χ1v) is 10.0. The van der Waals surface area contributed by atoms with Crippen LogP contribution in [0.25, 0.3) is 5.69 Å². The lowest BCUT2D eigenvalue weighted by Gasteiger charge is -2.27. The number of carbonyl (C=O) groups is 2. The molecular weight excluding hydrogens is 384 g/mol. The molecule has 1 unspecified atom stereocenters. The second-order valence-corrected chi connectivity index (χ2v) is 7.51. The molecule has 0 saturated carbocycles. The average Bonchev–Trinajstić information content (AvgIpc) is 3.54. The quantitative estimate of drug-likeness (QED) is 0.680. The number of para-hydroxylation sites is 1. The van der Waals surface area contributed by atoms with Gasteiger partial charge in [-0.15, -0.1) is 0 Å². The molecule has 1 aromatic carbocycles. The number of hydrogen-bond donors (Lipinski definition) is 2. The summed E-state index contributed by atoms with van der Waals surface area (Å²) in [5.74, 6) is -0.262. The molecule has 154 valence electrons. The molecular formula is C21H22N6O3. The molecule has 2 aliphatic heterocycles. The van der Waals surface area contributed by atoms with Crippen LogP contribution in [-0.2, 0) is 17.7 Å². The van der Waals surface area contributed by atoms with Crippen molar-refractivity contribution in [3.8, 4) is 5.69 Å². The van der Waals surface area contributed by atoms with Crippen molar-refractivity contribution in [3.63, 3.8) is 0 Å². The summed E-state index contributed by atoms with van der Waals surface area (Å²) in [5, 5.41) is 14.4. The Balaban J connectivity index is 1.34. The van der Waals surface area contributed by atoms with Gasteiger partial charge in [0, 0.05) is 31.1 Å². The Labute approximate surface area is 173 Å². The van der Waals surface area contributed by atoms with Crippen molar-refractivity contribution in [2.75, 3.05) is 19.8 Å². The minimum absolute atomic E-state index is 0.0327. The zero-order chi connectivity index (χ0) is 20.5. The van der Waals surface area contributed by atoms with Crippen LogP contribution in [0.15, 0.2) is 42.7 Å². The van der Waals surface area contributed by atoms with Crippen LogP contribution in [0.2, 0.25) is 0 Å². The first-order chi connectivity index (χ1) is 14.7. The highest BCUT2D eigenvalue weighted by Gasteiger charge is 2.30. The van der Waals surface area contributed by atoms with Crippen LogP contribution in [0, 0.1) is 0 Å². The number of carbonyl (C=O) groups excluding carboxylic acids is 2. The summed E-state index contributed by atoms with van der Waals surface area (Å²) in [4.78, 5) is 27.6. The van der Waals surface area contributed by atoms with Crippen LogP contribution < -0.4 is 5.32 Å². The van der Waals surface area contributed by atoms with E-state index in [1.807, 2.05) is 36.5 Å². The number of amides is 2. The van der Waals surface area contributed by atoms with Crippen LogP contribution in [0.1, 0.15) is 38.5 Å². The fraction of sp³-hybridized carbons (Fsp3) is 0.333. The Morgan fingerprint density at radius 1 is 1.23 bits per heavy atom. The molecule has 2 amide bonds. The highest BCUT2D eigenvalue weighted by molar-refractivity contribution is 5.98. The van der Waals surface area contributed by atoms with E-state index < -0.39 is 0 Å². The number of ether oxygens (including phenoxy) is 1. The Morgan fingerprint density at radius 2 is 2.13 bits per heavy atom. The number of H-pyrrole nitrogens is 1. The molecule has 0 spiro atoms. The van der Waals surface area contributed by atoms with Gasteiger partial charge in [-0.3, -0.25) is 14.7 Å². The third kappa shape index (κ3) is 3.37. The highest BCUT2D eigenvalue weighted by atomic mass is 16.5.